The van der Waals surface area contributed by atoms with Crippen molar-refractivity contribution in [2.45, 2.75) is 18.9 Å². The third-order valence-corrected chi connectivity index (χ3v) is 4.20. The van der Waals surface area contributed by atoms with Crippen LogP contribution in [0.15, 0.2) is 42.6 Å². The first-order chi connectivity index (χ1) is 11.7. The Morgan fingerprint density at radius 3 is 2.88 bits per heavy atom. The maximum Gasteiger partial charge on any atom is 0.270 e. The van der Waals surface area contributed by atoms with Gasteiger partial charge in [0.2, 0.25) is 0 Å². The Labute approximate surface area is 146 Å². The number of H-pyrrole nitrogens is 1. The number of amides is 1. The highest BCUT2D eigenvalue weighted by atomic mass is 35.5. The van der Waals surface area contributed by atoms with Crippen molar-refractivity contribution in [2.24, 2.45) is 0 Å². The van der Waals surface area contributed by atoms with Crippen molar-refractivity contribution in [1.29, 1.82) is 0 Å². The molecule has 128 valence electrons. The van der Waals surface area contributed by atoms with Crippen LogP contribution in [0.3, 0.4) is 0 Å². The van der Waals surface area contributed by atoms with E-state index in [0.29, 0.717) is 30.4 Å². The Morgan fingerprint density at radius 1 is 1.38 bits per heavy atom. The number of hydrogen-bond acceptors (Lipinski definition) is 3. The van der Waals surface area contributed by atoms with Gasteiger partial charge in [0.25, 0.3) is 5.91 Å². The molecular formula is C18H21ClN2O3. The summed E-state index contributed by atoms with van der Waals surface area (Å²) in [5.41, 5.74) is 0.484. The van der Waals surface area contributed by atoms with Crippen molar-refractivity contribution in [1.82, 2.24) is 9.88 Å². The summed E-state index contributed by atoms with van der Waals surface area (Å²) in [5, 5.41) is 0.524. The second-order valence-electron chi connectivity index (χ2n) is 5.78. The highest BCUT2D eigenvalue weighted by molar-refractivity contribution is 6.30. The lowest BCUT2D eigenvalue weighted by Crippen LogP contribution is -2.40. The largest absolute Gasteiger partial charge is 0.492 e. The fourth-order valence-corrected chi connectivity index (χ4v) is 2.93. The third-order valence-electron chi connectivity index (χ3n) is 3.99. The molecule has 1 saturated heterocycles. The summed E-state index contributed by atoms with van der Waals surface area (Å²) in [7, 11) is 0. The summed E-state index contributed by atoms with van der Waals surface area (Å²) < 4.78 is 11.4. The zero-order valence-electron chi connectivity index (χ0n) is 13.4. The van der Waals surface area contributed by atoms with Gasteiger partial charge in [0.15, 0.2) is 0 Å². The number of nitrogens with zero attached hydrogens (tertiary/aromatic N) is 1. The highest BCUT2D eigenvalue weighted by Gasteiger charge is 2.24. The Kier molecular flexibility index (Phi) is 5.77. The molecule has 1 aromatic heterocycles. The molecule has 1 fully saturated rings. The van der Waals surface area contributed by atoms with Gasteiger partial charge in [0.1, 0.15) is 18.1 Å². The predicted octanol–water partition coefficient (Wildman–Crippen LogP) is 3.37. The van der Waals surface area contributed by atoms with Crippen LogP contribution in [0.1, 0.15) is 23.3 Å². The summed E-state index contributed by atoms with van der Waals surface area (Å²) in [4.78, 5) is 17.4. The SMILES string of the molecule is O=C(c1cc(Cl)c[nH]1)N(CCOc1ccccc1)C[C@@H]1CCCO1. The Bertz CT molecular complexity index is 653. The second kappa shape index (κ2) is 8.22. The molecule has 0 radical (unpaired) electrons. The molecule has 2 aromatic rings. The normalized spacial score (nSPS) is 17.0. The lowest BCUT2D eigenvalue weighted by atomic mass is 10.2. The van der Waals surface area contributed by atoms with Crippen molar-refractivity contribution < 1.29 is 14.3 Å². The van der Waals surface area contributed by atoms with Gasteiger partial charge in [0, 0.05) is 19.3 Å². The number of aromatic nitrogens is 1. The average molecular weight is 349 g/mol. The van der Waals surface area contributed by atoms with E-state index < -0.39 is 0 Å². The van der Waals surface area contributed by atoms with E-state index in [1.165, 1.54) is 0 Å². The van der Waals surface area contributed by atoms with Crippen LogP contribution in [0.4, 0.5) is 0 Å². The topological polar surface area (TPSA) is 54.6 Å². The van der Waals surface area contributed by atoms with Crippen LogP contribution in [-0.4, -0.2) is 48.2 Å². The summed E-state index contributed by atoms with van der Waals surface area (Å²) in [6.07, 6.45) is 3.73. The number of rotatable bonds is 7. The van der Waals surface area contributed by atoms with Gasteiger partial charge in [0.05, 0.1) is 17.7 Å². The molecule has 1 aliphatic heterocycles. The summed E-state index contributed by atoms with van der Waals surface area (Å²) in [6.45, 7) is 2.25. The number of para-hydroxylation sites is 1. The first-order valence-corrected chi connectivity index (χ1v) is 8.53. The van der Waals surface area contributed by atoms with E-state index in [2.05, 4.69) is 4.98 Å². The molecular weight excluding hydrogens is 328 g/mol. The molecule has 0 aliphatic carbocycles. The molecule has 5 nitrogen and oxygen atoms in total. The number of carbonyl (C=O) groups is 1. The lowest BCUT2D eigenvalue weighted by Gasteiger charge is -2.25. The quantitative estimate of drug-likeness (QED) is 0.834. The predicted molar refractivity (Wildman–Crippen MR) is 92.6 cm³/mol. The minimum atomic E-state index is -0.0888. The van der Waals surface area contributed by atoms with Crippen LogP contribution in [0, 0.1) is 0 Å². The Hall–Kier alpha value is -1.98. The van der Waals surface area contributed by atoms with Crippen LogP contribution in [0.2, 0.25) is 5.02 Å². The van der Waals surface area contributed by atoms with E-state index in [4.69, 9.17) is 21.1 Å². The van der Waals surface area contributed by atoms with Gasteiger partial charge in [-0.2, -0.15) is 0 Å². The molecule has 6 heteroatoms. The van der Waals surface area contributed by atoms with Crippen molar-refractivity contribution in [3.8, 4) is 5.75 Å². The highest BCUT2D eigenvalue weighted by Crippen LogP contribution is 2.17. The number of hydrogen-bond donors (Lipinski definition) is 1. The number of ether oxygens (including phenoxy) is 2. The maximum absolute atomic E-state index is 12.7. The van der Waals surface area contributed by atoms with E-state index in [0.717, 1.165) is 25.2 Å². The fraction of sp³-hybridized carbons (Fsp3) is 0.389. The van der Waals surface area contributed by atoms with Gasteiger partial charge in [-0.05, 0) is 31.0 Å². The fourth-order valence-electron chi connectivity index (χ4n) is 2.76. The van der Waals surface area contributed by atoms with E-state index >= 15 is 0 Å². The zero-order chi connectivity index (χ0) is 16.8. The molecule has 0 spiro atoms. The van der Waals surface area contributed by atoms with Crippen LogP contribution in [0.5, 0.6) is 5.75 Å². The van der Waals surface area contributed by atoms with Crippen LogP contribution in [-0.2, 0) is 4.74 Å². The van der Waals surface area contributed by atoms with Gasteiger partial charge in [-0.1, -0.05) is 29.8 Å². The van der Waals surface area contributed by atoms with Crippen molar-refractivity contribution in [3.63, 3.8) is 0 Å². The second-order valence-corrected chi connectivity index (χ2v) is 6.22. The molecule has 0 bridgehead atoms. The van der Waals surface area contributed by atoms with E-state index in [1.807, 2.05) is 30.3 Å². The summed E-state index contributed by atoms with van der Waals surface area (Å²) in [5.74, 6) is 0.707. The molecule has 1 amide bonds. The number of aromatic amines is 1. The monoisotopic (exact) mass is 348 g/mol. The molecule has 3 rings (SSSR count). The lowest BCUT2D eigenvalue weighted by molar-refractivity contribution is 0.0490. The molecule has 1 N–H and O–H groups in total. The summed E-state index contributed by atoms with van der Waals surface area (Å²) >= 11 is 5.91. The molecule has 0 saturated carbocycles. The van der Waals surface area contributed by atoms with E-state index in [9.17, 15) is 4.79 Å². The number of carbonyl (C=O) groups excluding carboxylic acids is 1. The van der Waals surface area contributed by atoms with E-state index in [1.54, 1.807) is 17.2 Å². The van der Waals surface area contributed by atoms with Gasteiger partial charge in [-0.3, -0.25) is 4.79 Å². The molecule has 1 atom stereocenters. The van der Waals surface area contributed by atoms with Crippen LogP contribution in [0.25, 0.3) is 0 Å². The van der Waals surface area contributed by atoms with Gasteiger partial charge in [-0.15, -0.1) is 0 Å². The Balaban J connectivity index is 1.61. The number of benzene rings is 1. The molecule has 2 heterocycles. The Morgan fingerprint density at radius 2 is 2.21 bits per heavy atom. The third kappa shape index (κ3) is 4.52. The first-order valence-electron chi connectivity index (χ1n) is 8.15. The van der Waals surface area contributed by atoms with Crippen LogP contribution < -0.4 is 4.74 Å². The molecule has 1 aliphatic rings. The minimum absolute atomic E-state index is 0.0888. The maximum atomic E-state index is 12.7. The van der Waals surface area contributed by atoms with Crippen molar-refractivity contribution >= 4 is 17.5 Å². The molecule has 1 aromatic carbocycles. The first kappa shape index (κ1) is 16.9. The van der Waals surface area contributed by atoms with Gasteiger partial charge in [-0.25, -0.2) is 0 Å². The van der Waals surface area contributed by atoms with Gasteiger partial charge < -0.3 is 19.4 Å². The van der Waals surface area contributed by atoms with E-state index in [-0.39, 0.29) is 12.0 Å². The summed E-state index contributed by atoms with van der Waals surface area (Å²) in [6, 6.07) is 11.2. The van der Waals surface area contributed by atoms with Crippen molar-refractivity contribution in [2.75, 3.05) is 26.3 Å². The number of halogens is 1. The smallest absolute Gasteiger partial charge is 0.270 e. The average Bonchev–Trinajstić information content (AvgIpc) is 3.26. The van der Waals surface area contributed by atoms with Crippen molar-refractivity contribution in [3.05, 3.63) is 53.3 Å². The number of nitrogens with one attached hydrogen (secondary N) is 1. The molecule has 24 heavy (non-hydrogen) atoms. The zero-order valence-corrected chi connectivity index (χ0v) is 14.2. The standard InChI is InChI=1S/C18H21ClN2O3/c19-14-11-17(20-12-14)18(22)21(13-16-7-4-9-23-16)8-10-24-15-5-2-1-3-6-15/h1-3,5-6,11-12,16,20H,4,7-10,13H2/t16-/m0/s1. The van der Waals surface area contributed by atoms with Crippen LogP contribution >= 0.6 is 11.6 Å². The molecule has 0 unspecified atom stereocenters. The van der Waals surface area contributed by atoms with Gasteiger partial charge >= 0.3 is 0 Å². The minimum Gasteiger partial charge on any atom is -0.492 e.